The highest BCUT2D eigenvalue weighted by Crippen LogP contribution is 2.24. The number of rotatable bonds is 3. The molecule has 0 spiro atoms. The molecule has 0 fully saturated rings. The van der Waals surface area contributed by atoms with Crippen molar-refractivity contribution >= 4 is 11.6 Å². The summed E-state index contributed by atoms with van der Waals surface area (Å²) in [5.41, 5.74) is 1.94. The van der Waals surface area contributed by atoms with Crippen LogP contribution in [0.2, 0.25) is 5.02 Å². The molecule has 0 aromatic heterocycles. The van der Waals surface area contributed by atoms with Gasteiger partial charge in [-0.2, -0.15) is 0 Å². The summed E-state index contributed by atoms with van der Waals surface area (Å²) < 4.78 is 0. The zero-order valence-electron chi connectivity index (χ0n) is 7.63. The molecule has 0 heterocycles. The molecule has 13 heavy (non-hydrogen) atoms. The fourth-order valence-electron chi connectivity index (χ4n) is 1.26. The lowest BCUT2D eigenvalue weighted by molar-refractivity contribution is 0.181. The van der Waals surface area contributed by atoms with E-state index < -0.39 is 6.10 Å². The second-order valence-electron chi connectivity index (χ2n) is 3.04. The molecule has 0 amide bonds. The van der Waals surface area contributed by atoms with Crippen LogP contribution in [0.1, 0.15) is 23.7 Å². The minimum Gasteiger partial charge on any atom is -0.388 e. The van der Waals surface area contributed by atoms with Gasteiger partial charge >= 0.3 is 0 Å². The second-order valence-corrected chi connectivity index (χ2v) is 3.48. The second kappa shape index (κ2) is 4.45. The molecule has 1 aromatic carbocycles. The number of aryl methyl sites for hydroxylation is 1. The first-order chi connectivity index (χ1) is 6.15. The van der Waals surface area contributed by atoms with Crippen LogP contribution < -0.4 is 0 Å². The van der Waals surface area contributed by atoms with E-state index in [2.05, 4.69) is 6.58 Å². The van der Waals surface area contributed by atoms with E-state index in [1.165, 1.54) is 0 Å². The van der Waals surface area contributed by atoms with Crippen LogP contribution >= 0.6 is 11.6 Å². The average molecular weight is 197 g/mol. The third-order valence-electron chi connectivity index (χ3n) is 1.99. The maximum absolute atomic E-state index is 9.70. The van der Waals surface area contributed by atoms with E-state index in [1.807, 2.05) is 19.1 Å². The lowest BCUT2D eigenvalue weighted by atomic mass is 10.0. The lowest BCUT2D eigenvalue weighted by Gasteiger charge is -2.11. The summed E-state index contributed by atoms with van der Waals surface area (Å²) >= 11 is 5.82. The van der Waals surface area contributed by atoms with E-state index in [0.717, 1.165) is 11.1 Å². The highest BCUT2D eigenvalue weighted by atomic mass is 35.5. The molecular formula is C11H13ClO. The standard InChI is InChI=1S/C11H13ClO/c1-3-4-11(13)10-7-9(12)6-5-8(10)2/h3,5-7,11,13H,1,4H2,2H3. The number of hydrogen-bond acceptors (Lipinski definition) is 1. The highest BCUT2D eigenvalue weighted by Gasteiger charge is 2.08. The topological polar surface area (TPSA) is 20.2 Å². The molecular weight excluding hydrogens is 184 g/mol. The molecule has 1 N–H and O–H groups in total. The van der Waals surface area contributed by atoms with E-state index in [9.17, 15) is 5.11 Å². The minimum absolute atomic E-state index is 0.490. The molecule has 1 aromatic rings. The van der Waals surface area contributed by atoms with Gasteiger partial charge in [-0.15, -0.1) is 6.58 Å². The molecule has 1 nitrogen and oxygen atoms in total. The van der Waals surface area contributed by atoms with Gasteiger partial charge in [0.1, 0.15) is 0 Å². The molecule has 1 rings (SSSR count). The fraction of sp³-hybridized carbons (Fsp3) is 0.273. The smallest absolute Gasteiger partial charge is 0.0827 e. The number of hydrogen-bond donors (Lipinski definition) is 1. The van der Waals surface area contributed by atoms with Crippen LogP contribution in [0.3, 0.4) is 0 Å². The Kier molecular flexibility index (Phi) is 3.52. The van der Waals surface area contributed by atoms with Gasteiger partial charge in [0, 0.05) is 5.02 Å². The predicted octanol–water partition coefficient (Wildman–Crippen LogP) is 3.26. The highest BCUT2D eigenvalue weighted by molar-refractivity contribution is 6.30. The number of halogens is 1. The maximum atomic E-state index is 9.70. The Bertz CT molecular complexity index is 307. The van der Waals surface area contributed by atoms with Gasteiger partial charge in [-0.1, -0.05) is 23.7 Å². The third-order valence-corrected chi connectivity index (χ3v) is 2.23. The first-order valence-corrected chi connectivity index (χ1v) is 4.58. The Morgan fingerprint density at radius 3 is 2.92 bits per heavy atom. The Morgan fingerprint density at radius 2 is 2.31 bits per heavy atom. The monoisotopic (exact) mass is 196 g/mol. The van der Waals surface area contributed by atoms with E-state index in [0.29, 0.717) is 11.4 Å². The van der Waals surface area contributed by atoms with Crippen molar-refractivity contribution < 1.29 is 5.11 Å². The molecule has 0 saturated heterocycles. The Hall–Kier alpha value is -0.790. The molecule has 70 valence electrons. The molecule has 1 unspecified atom stereocenters. The van der Waals surface area contributed by atoms with Crippen molar-refractivity contribution in [1.82, 2.24) is 0 Å². The average Bonchev–Trinajstić information content (AvgIpc) is 2.09. The number of aliphatic hydroxyl groups excluding tert-OH is 1. The molecule has 0 aliphatic rings. The number of benzene rings is 1. The van der Waals surface area contributed by atoms with Crippen molar-refractivity contribution in [2.24, 2.45) is 0 Å². The summed E-state index contributed by atoms with van der Waals surface area (Å²) in [6, 6.07) is 5.52. The van der Waals surface area contributed by atoms with E-state index in [-0.39, 0.29) is 0 Å². The summed E-state index contributed by atoms with van der Waals surface area (Å²) in [4.78, 5) is 0. The van der Waals surface area contributed by atoms with Crippen LogP contribution in [0.15, 0.2) is 30.9 Å². The molecule has 2 heteroatoms. The Balaban J connectivity index is 2.97. The van der Waals surface area contributed by atoms with Crippen LogP contribution in [0, 0.1) is 6.92 Å². The van der Waals surface area contributed by atoms with Gasteiger partial charge in [0.15, 0.2) is 0 Å². The lowest BCUT2D eigenvalue weighted by Crippen LogP contribution is -1.98. The van der Waals surface area contributed by atoms with E-state index in [1.54, 1.807) is 12.1 Å². The predicted molar refractivity (Wildman–Crippen MR) is 56.0 cm³/mol. The van der Waals surface area contributed by atoms with Gasteiger partial charge < -0.3 is 5.11 Å². The summed E-state index contributed by atoms with van der Waals surface area (Å²) in [7, 11) is 0. The minimum atomic E-state index is -0.490. The summed E-state index contributed by atoms with van der Waals surface area (Å²) in [5, 5.41) is 10.4. The van der Waals surface area contributed by atoms with Crippen molar-refractivity contribution in [2.45, 2.75) is 19.4 Å². The molecule has 0 aliphatic carbocycles. The zero-order chi connectivity index (χ0) is 9.84. The first-order valence-electron chi connectivity index (χ1n) is 4.20. The van der Waals surface area contributed by atoms with Crippen LogP contribution in [0.5, 0.6) is 0 Å². The Labute approximate surface area is 83.7 Å². The fourth-order valence-corrected chi connectivity index (χ4v) is 1.44. The third kappa shape index (κ3) is 2.58. The molecule has 0 radical (unpaired) electrons. The summed E-state index contributed by atoms with van der Waals surface area (Å²) in [5.74, 6) is 0. The van der Waals surface area contributed by atoms with Crippen LogP contribution in [0.4, 0.5) is 0 Å². The maximum Gasteiger partial charge on any atom is 0.0827 e. The van der Waals surface area contributed by atoms with Crippen LogP contribution in [-0.2, 0) is 0 Å². The molecule has 0 saturated carbocycles. The van der Waals surface area contributed by atoms with Gasteiger partial charge in [0.25, 0.3) is 0 Å². The van der Waals surface area contributed by atoms with Gasteiger partial charge in [-0.05, 0) is 36.6 Å². The molecule has 0 aliphatic heterocycles. The first kappa shape index (κ1) is 10.3. The zero-order valence-corrected chi connectivity index (χ0v) is 8.38. The largest absolute Gasteiger partial charge is 0.388 e. The van der Waals surface area contributed by atoms with Crippen molar-refractivity contribution in [3.05, 3.63) is 47.0 Å². The van der Waals surface area contributed by atoms with Gasteiger partial charge in [-0.25, -0.2) is 0 Å². The normalized spacial score (nSPS) is 12.5. The van der Waals surface area contributed by atoms with Crippen molar-refractivity contribution in [2.75, 3.05) is 0 Å². The van der Waals surface area contributed by atoms with Crippen LogP contribution in [-0.4, -0.2) is 5.11 Å². The molecule has 1 atom stereocenters. The van der Waals surface area contributed by atoms with Gasteiger partial charge in [0.05, 0.1) is 6.10 Å². The summed E-state index contributed by atoms with van der Waals surface area (Å²) in [6.07, 6.45) is 1.77. The van der Waals surface area contributed by atoms with E-state index in [4.69, 9.17) is 11.6 Å². The van der Waals surface area contributed by atoms with Crippen molar-refractivity contribution in [3.8, 4) is 0 Å². The SMILES string of the molecule is C=CCC(O)c1cc(Cl)ccc1C. The molecule has 0 bridgehead atoms. The van der Waals surface area contributed by atoms with Gasteiger partial charge in [-0.3, -0.25) is 0 Å². The number of aliphatic hydroxyl groups is 1. The van der Waals surface area contributed by atoms with Gasteiger partial charge in [0.2, 0.25) is 0 Å². The quantitative estimate of drug-likeness (QED) is 0.736. The van der Waals surface area contributed by atoms with Crippen molar-refractivity contribution in [1.29, 1.82) is 0 Å². The Morgan fingerprint density at radius 1 is 1.62 bits per heavy atom. The van der Waals surface area contributed by atoms with E-state index >= 15 is 0 Å². The van der Waals surface area contributed by atoms with Crippen molar-refractivity contribution in [3.63, 3.8) is 0 Å². The summed E-state index contributed by atoms with van der Waals surface area (Å²) in [6.45, 7) is 5.54. The van der Waals surface area contributed by atoms with Crippen LogP contribution in [0.25, 0.3) is 0 Å².